The molecule has 172 valence electrons. The maximum atomic E-state index is 12.5. The van der Waals surface area contributed by atoms with E-state index in [2.05, 4.69) is 9.31 Å². The highest BCUT2D eigenvalue weighted by Crippen LogP contribution is 2.42. The minimum Gasteiger partial charge on any atom is -0.486 e. The summed E-state index contributed by atoms with van der Waals surface area (Å²) >= 11 is 0. The van der Waals surface area contributed by atoms with Crippen molar-refractivity contribution >= 4 is 28.5 Å². The number of nitrogens with zero attached hydrogens (tertiary/aromatic N) is 2. The summed E-state index contributed by atoms with van der Waals surface area (Å²) in [5.74, 6) is 2.46. The summed E-state index contributed by atoms with van der Waals surface area (Å²) in [4.78, 5) is 1.96. The molecule has 2 aromatic carbocycles. The average molecular weight is 512 g/mol. The normalized spacial score (nSPS) is 22.3. The highest BCUT2D eigenvalue weighted by molar-refractivity contribution is 8.93. The van der Waals surface area contributed by atoms with Gasteiger partial charge in [-0.15, -0.1) is 17.0 Å². The summed E-state index contributed by atoms with van der Waals surface area (Å²) in [7, 11) is 0. The van der Waals surface area contributed by atoms with Crippen LogP contribution in [0, 0.1) is 0 Å². The van der Waals surface area contributed by atoms with Crippen LogP contribution in [0.2, 0.25) is 0 Å². The number of aliphatic hydroxyl groups is 1. The number of rotatable bonds is 4. The highest BCUT2D eigenvalue weighted by Gasteiger charge is 2.54. The summed E-state index contributed by atoms with van der Waals surface area (Å²) in [6, 6.07) is 11.9. The lowest BCUT2D eigenvalue weighted by molar-refractivity contribution is -0.534. The lowest BCUT2D eigenvalue weighted by Crippen LogP contribution is -2.47. The number of benzene rings is 2. The molecule has 0 bridgehead atoms. The molecule has 0 saturated heterocycles. The fraction of sp³-hybridized carbons (Fsp3) is 0.435. The van der Waals surface area contributed by atoms with Crippen molar-refractivity contribution in [3.63, 3.8) is 0 Å². The molecule has 1 N–H and O–H groups in total. The van der Waals surface area contributed by atoms with Gasteiger partial charge in [0.05, 0.1) is 6.54 Å². The highest BCUT2D eigenvalue weighted by atomic mass is 79.9. The second kappa shape index (κ2) is 9.23. The van der Waals surface area contributed by atoms with Gasteiger partial charge >= 0.3 is 6.61 Å². The van der Waals surface area contributed by atoms with Crippen molar-refractivity contribution in [1.29, 1.82) is 0 Å². The second-order valence-corrected chi connectivity index (χ2v) is 8.03. The molecule has 6 nitrogen and oxygen atoms in total. The molecule has 3 aliphatic heterocycles. The Morgan fingerprint density at radius 3 is 2.50 bits per heavy atom. The zero-order valence-electron chi connectivity index (χ0n) is 17.5. The first kappa shape index (κ1) is 22.8. The van der Waals surface area contributed by atoms with E-state index in [1.165, 1.54) is 12.1 Å². The third kappa shape index (κ3) is 4.15. The topological polar surface area (TPSA) is 54.2 Å². The van der Waals surface area contributed by atoms with Crippen molar-refractivity contribution in [3.8, 4) is 17.2 Å². The molecule has 0 spiro atoms. The third-order valence-electron chi connectivity index (χ3n) is 6.06. The Labute approximate surface area is 195 Å². The van der Waals surface area contributed by atoms with Crippen LogP contribution >= 0.6 is 17.0 Å². The molecule has 3 heterocycles. The van der Waals surface area contributed by atoms with E-state index in [0.717, 1.165) is 43.8 Å². The van der Waals surface area contributed by atoms with E-state index in [1.807, 2.05) is 23.1 Å². The molecule has 5 rings (SSSR count). The molecule has 1 unspecified atom stereocenters. The molecule has 0 aromatic heterocycles. The van der Waals surface area contributed by atoms with E-state index in [1.54, 1.807) is 12.1 Å². The zero-order valence-corrected chi connectivity index (χ0v) is 19.2. The van der Waals surface area contributed by atoms with Crippen LogP contribution in [0.1, 0.15) is 31.2 Å². The number of anilines is 1. The van der Waals surface area contributed by atoms with Gasteiger partial charge in [0.1, 0.15) is 24.7 Å². The molecular formula is C23H26BrF2N2O4+. The molecule has 0 fully saturated rings. The van der Waals surface area contributed by atoms with E-state index in [9.17, 15) is 13.9 Å². The van der Waals surface area contributed by atoms with E-state index in [-0.39, 0.29) is 22.7 Å². The second-order valence-electron chi connectivity index (χ2n) is 8.03. The van der Waals surface area contributed by atoms with Gasteiger partial charge in [0.15, 0.2) is 18.0 Å². The lowest BCUT2D eigenvalue weighted by Gasteiger charge is -2.30. The summed E-state index contributed by atoms with van der Waals surface area (Å²) in [6.45, 7) is -0.632. The Hall–Kier alpha value is -2.39. The Morgan fingerprint density at radius 1 is 1.00 bits per heavy atom. The monoisotopic (exact) mass is 511 g/mol. The van der Waals surface area contributed by atoms with Gasteiger partial charge in [0.2, 0.25) is 0 Å². The Bertz CT molecular complexity index is 1000. The molecule has 1 atom stereocenters. The van der Waals surface area contributed by atoms with Crippen LogP contribution in [-0.2, 0) is 5.72 Å². The number of ether oxygens (including phenoxy) is 3. The minimum atomic E-state index is -2.89. The Morgan fingerprint density at radius 2 is 1.75 bits per heavy atom. The van der Waals surface area contributed by atoms with Crippen LogP contribution in [0.3, 0.4) is 0 Å². The zero-order chi connectivity index (χ0) is 21.4. The molecule has 0 saturated carbocycles. The van der Waals surface area contributed by atoms with E-state index < -0.39 is 12.3 Å². The molecule has 3 aliphatic rings. The predicted molar refractivity (Wildman–Crippen MR) is 121 cm³/mol. The predicted octanol–water partition coefficient (Wildman–Crippen LogP) is 4.29. The molecule has 32 heavy (non-hydrogen) atoms. The molecular weight excluding hydrogens is 486 g/mol. The van der Waals surface area contributed by atoms with Crippen molar-refractivity contribution in [2.45, 2.75) is 38.0 Å². The fourth-order valence-corrected chi connectivity index (χ4v) is 4.68. The van der Waals surface area contributed by atoms with Crippen LogP contribution < -0.4 is 19.1 Å². The summed E-state index contributed by atoms with van der Waals surface area (Å²) in [5, 5.41) is 12.0. The third-order valence-corrected chi connectivity index (χ3v) is 6.06. The maximum Gasteiger partial charge on any atom is 0.387 e. The largest absolute Gasteiger partial charge is 0.486 e. The van der Waals surface area contributed by atoms with Crippen molar-refractivity contribution in [2.24, 2.45) is 0 Å². The summed E-state index contributed by atoms with van der Waals surface area (Å²) in [5.41, 5.74) is 0.0726. The smallest absolute Gasteiger partial charge is 0.387 e. The Balaban J connectivity index is 0.00000245. The van der Waals surface area contributed by atoms with Crippen LogP contribution in [-0.4, -0.2) is 48.4 Å². The SMILES string of the molecule is Br.OC1(c2ccc(OC(F)F)cc2)C[N+]2=C(CCCCC2)N1c1ccc2c(c1)OCCO2. The van der Waals surface area contributed by atoms with Gasteiger partial charge in [-0.3, -0.25) is 4.58 Å². The number of hydrogen-bond acceptors (Lipinski definition) is 5. The number of halogens is 3. The quantitative estimate of drug-likeness (QED) is 0.620. The van der Waals surface area contributed by atoms with Gasteiger partial charge < -0.3 is 19.3 Å². The number of alkyl halides is 2. The van der Waals surface area contributed by atoms with Gasteiger partial charge in [-0.1, -0.05) is 0 Å². The lowest BCUT2D eigenvalue weighted by atomic mass is 9.99. The van der Waals surface area contributed by atoms with Crippen LogP contribution in [0.4, 0.5) is 14.5 Å². The van der Waals surface area contributed by atoms with Crippen molar-refractivity contribution in [3.05, 3.63) is 48.0 Å². The van der Waals surface area contributed by atoms with Gasteiger partial charge in [-0.05, 0) is 55.7 Å². The molecule has 0 aliphatic carbocycles. The van der Waals surface area contributed by atoms with E-state index in [4.69, 9.17) is 9.47 Å². The standard InChI is InChI=1S/C23H25F2N2O4.BrH/c24-22(25)31-18-8-5-16(6-9-18)23(28)15-26-11-3-1-2-4-21(26)27(23)17-7-10-19-20(14-17)30-13-12-29-19;/h5-10,14,22,28H,1-4,11-13,15H2;1H/q+1;. The summed E-state index contributed by atoms with van der Waals surface area (Å²) in [6.07, 6.45) is 4.11. The minimum absolute atomic E-state index is 0. The van der Waals surface area contributed by atoms with Gasteiger partial charge in [-0.2, -0.15) is 13.7 Å². The first-order valence-electron chi connectivity index (χ1n) is 10.6. The van der Waals surface area contributed by atoms with Crippen molar-refractivity contribution < 1.29 is 32.7 Å². The first-order chi connectivity index (χ1) is 15.0. The van der Waals surface area contributed by atoms with Crippen molar-refractivity contribution in [1.82, 2.24) is 0 Å². The molecule has 0 radical (unpaired) electrons. The first-order valence-corrected chi connectivity index (χ1v) is 10.6. The Kier molecular flexibility index (Phi) is 6.57. The number of hydrogen-bond donors (Lipinski definition) is 1. The molecule has 2 aromatic rings. The molecule has 0 amide bonds. The van der Waals surface area contributed by atoms with Crippen LogP contribution in [0.5, 0.6) is 17.2 Å². The number of amidine groups is 1. The van der Waals surface area contributed by atoms with Crippen LogP contribution in [0.25, 0.3) is 0 Å². The fourth-order valence-electron chi connectivity index (χ4n) is 4.68. The molecule has 9 heteroatoms. The van der Waals surface area contributed by atoms with Gasteiger partial charge in [0.25, 0.3) is 11.6 Å². The maximum absolute atomic E-state index is 12.5. The van der Waals surface area contributed by atoms with Gasteiger partial charge in [-0.25, -0.2) is 0 Å². The number of fused-ring (bicyclic) bond motifs is 1. The van der Waals surface area contributed by atoms with Crippen LogP contribution in [0.15, 0.2) is 42.5 Å². The van der Waals surface area contributed by atoms with E-state index in [0.29, 0.717) is 36.8 Å². The summed E-state index contributed by atoms with van der Waals surface area (Å²) < 4.78 is 43.2. The van der Waals surface area contributed by atoms with Gasteiger partial charge in [0, 0.05) is 18.1 Å². The average Bonchev–Trinajstić information content (AvgIpc) is 2.89. The van der Waals surface area contributed by atoms with E-state index >= 15 is 0 Å². The van der Waals surface area contributed by atoms with Crippen molar-refractivity contribution in [2.75, 3.05) is 31.2 Å².